The molecular formula is C20H25FN2. The van der Waals surface area contributed by atoms with E-state index in [4.69, 9.17) is 0 Å². The van der Waals surface area contributed by atoms with E-state index in [9.17, 15) is 4.39 Å². The summed E-state index contributed by atoms with van der Waals surface area (Å²) in [6.07, 6.45) is 1.90. The molecule has 3 heteroatoms. The van der Waals surface area contributed by atoms with E-state index in [1.807, 2.05) is 12.1 Å². The van der Waals surface area contributed by atoms with Crippen LogP contribution in [0.3, 0.4) is 0 Å². The normalized spacial score (nSPS) is 21.7. The van der Waals surface area contributed by atoms with E-state index in [1.165, 1.54) is 11.6 Å². The number of benzene rings is 2. The van der Waals surface area contributed by atoms with Crippen LogP contribution in [0.15, 0.2) is 54.6 Å². The Hall–Kier alpha value is -1.71. The van der Waals surface area contributed by atoms with Gasteiger partial charge in [0, 0.05) is 25.2 Å². The van der Waals surface area contributed by atoms with E-state index >= 15 is 0 Å². The molecule has 1 aliphatic rings. The predicted octanol–water partition coefficient (Wildman–Crippen LogP) is 3.62. The summed E-state index contributed by atoms with van der Waals surface area (Å²) in [5.41, 5.74) is 2.17. The van der Waals surface area contributed by atoms with E-state index in [2.05, 4.69) is 47.5 Å². The van der Waals surface area contributed by atoms with Crippen molar-refractivity contribution in [3.8, 4) is 0 Å². The molecule has 23 heavy (non-hydrogen) atoms. The molecule has 2 atom stereocenters. The van der Waals surface area contributed by atoms with Crippen LogP contribution >= 0.6 is 0 Å². The van der Waals surface area contributed by atoms with Crippen LogP contribution in [0.25, 0.3) is 0 Å². The molecule has 1 saturated heterocycles. The number of halogens is 1. The SMILES string of the molecule is C[C@H]1C[C@H](NCCc2ccccc2F)CN1Cc1ccccc1. The quantitative estimate of drug-likeness (QED) is 0.876. The Morgan fingerprint density at radius 1 is 1.09 bits per heavy atom. The van der Waals surface area contributed by atoms with Crippen LogP contribution in [0.1, 0.15) is 24.5 Å². The Kier molecular flexibility index (Phi) is 5.42. The fraction of sp³-hybridized carbons (Fsp3) is 0.400. The van der Waals surface area contributed by atoms with Gasteiger partial charge in [-0.2, -0.15) is 0 Å². The molecule has 2 nitrogen and oxygen atoms in total. The Morgan fingerprint density at radius 3 is 2.61 bits per heavy atom. The minimum absolute atomic E-state index is 0.0974. The van der Waals surface area contributed by atoms with Crippen molar-refractivity contribution in [3.63, 3.8) is 0 Å². The first-order chi connectivity index (χ1) is 11.2. The van der Waals surface area contributed by atoms with E-state index < -0.39 is 0 Å². The van der Waals surface area contributed by atoms with Crippen molar-refractivity contribution in [3.05, 3.63) is 71.5 Å². The zero-order valence-corrected chi connectivity index (χ0v) is 13.7. The molecule has 0 bridgehead atoms. The minimum atomic E-state index is -0.0974. The molecule has 0 radical (unpaired) electrons. The lowest BCUT2D eigenvalue weighted by Crippen LogP contribution is -2.34. The topological polar surface area (TPSA) is 15.3 Å². The Morgan fingerprint density at radius 2 is 1.83 bits per heavy atom. The van der Waals surface area contributed by atoms with Gasteiger partial charge in [0.05, 0.1) is 0 Å². The molecule has 1 fully saturated rings. The lowest BCUT2D eigenvalue weighted by molar-refractivity contribution is 0.257. The molecule has 122 valence electrons. The van der Waals surface area contributed by atoms with Crippen LogP contribution in [-0.2, 0) is 13.0 Å². The van der Waals surface area contributed by atoms with Gasteiger partial charge >= 0.3 is 0 Å². The fourth-order valence-corrected chi connectivity index (χ4v) is 3.40. The van der Waals surface area contributed by atoms with E-state index in [0.29, 0.717) is 12.1 Å². The molecular weight excluding hydrogens is 287 g/mol. The largest absolute Gasteiger partial charge is 0.312 e. The molecule has 0 spiro atoms. The van der Waals surface area contributed by atoms with Gasteiger partial charge < -0.3 is 5.32 Å². The summed E-state index contributed by atoms with van der Waals surface area (Å²) in [5, 5.41) is 3.60. The van der Waals surface area contributed by atoms with Crippen molar-refractivity contribution in [2.45, 2.75) is 38.4 Å². The van der Waals surface area contributed by atoms with Crippen molar-refractivity contribution >= 4 is 0 Å². The molecule has 1 aliphatic heterocycles. The highest BCUT2D eigenvalue weighted by Crippen LogP contribution is 2.20. The number of nitrogens with one attached hydrogen (secondary N) is 1. The maximum absolute atomic E-state index is 13.6. The smallest absolute Gasteiger partial charge is 0.126 e. The zero-order valence-electron chi connectivity index (χ0n) is 13.7. The molecule has 1 heterocycles. The first-order valence-electron chi connectivity index (χ1n) is 8.47. The van der Waals surface area contributed by atoms with E-state index in [-0.39, 0.29) is 5.82 Å². The zero-order chi connectivity index (χ0) is 16.1. The Balaban J connectivity index is 1.46. The highest BCUT2D eigenvalue weighted by molar-refractivity contribution is 5.17. The first kappa shape index (κ1) is 16.2. The Bertz CT molecular complexity index is 614. The minimum Gasteiger partial charge on any atom is -0.312 e. The van der Waals surface area contributed by atoms with Gasteiger partial charge in [-0.25, -0.2) is 4.39 Å². The van der Waals surface area contributed by atoms with Crippen molar-refractivity contribution in [1.29, 1.82) is 0 Å². The standard InChI is InChI=1S/C20H25FN2/c1-16-13-19(15-23(16)14-17-7-3-2-4-8-17)22-12-11-18-9-5-6-10-20(18)21/h2-10,16,19,22H,11-15H2,1H3/t16-,19-/m0/s1. The van der Waals surface area contributed by atoms with Gasteiger partial charge in [-0.15, -0.1) is 0 Å². The molecule has 0 aromatic heterocycles. The van der Waals surface area contributed by atoms with Crippen molar-refractivity contribution in [2.24, 2.45) is 0 Å². The molecule has 2 aromatic carbocycles. The van der Waals surface area contributed by atoms with Crippen LogP contribution in [0.4, 0.5) is 4.39 Å². The molecule has 2 aromatic rings. The fourth-order valence-electron chi connectivity index (χ4n) is 3.40. The number of hydrogen-bond acceptors (Lipinski definition) is 2. The molecule has 0 aliphatic carbocycles. The lowest BCUT2D eigenvalue weighted by Gasteiger charge is -2.21. The van der Waals surface area contributed by atoms with Gasteiger partial charge in [0.2, 0.25) is 0 Å². The van der Waals surface area contributed by atoms with Crippen molar-refractivity contribution in [1.82, 2.24) is 10.2 Å². The van der Waals surface area contributed by atoms with Gasteiger partial charge in [-0.1, -0.05) is 48.5 Å². The molecule has 3 rings (SSSR count). The van der Waals surface area contributed by atoms with Crippen LogP contribution in [0.2, 0.25) is 0 Å². The molecule has 0 amide bonds. The maximum atomic E-state index is 13.6. The van der Waals surface area contributed by atoms with Gasteiger partial charge in [0.25, 0.3) is 0 Å². The van der Waals surface area contributed by atoms with Crippen LogP contribution < -0.4 is 5.32 Å². The van der Waals surface area contributed by atoms with E-state index in [1.54, 1.807) is 6.07 Å². The second-order valence-corrected chi connectivity index (χ2v) is 6.49. The Labute approximate surface area is 138 Å². The average molecular weight is 312 g/mol. The highest BCUT2D eigenvalue weighted by Gasteiger charge is 2.28. The van der Waals surface area contributed by atoms with Gasteiger partial charge in [-0.05, 0) is 43.5 Å². The highest BCUT2D eigenvalue weighted by atomic mass is 19.1. The van der Waals surface area contributed by atoms with Crippen LogP contribution in [-0.4, -0.2) is 30.1 Å². The first-order valence-corrected chi connectivity index (χ1v) is 8.47. The summed E-state index contributed by atoms with van der Waals surface area (Å²) in [4.78, 5) is 2.52. The van der Waals surface area contributed by atoms with Crippen molar-refractivity contribution < 1.29 is 4.39 Å². The summed E-state index contributed by atoms with van der Waals surface area (Å²) < 4.78 is 13.6. The number of likely N-dealkylation sites (tertiary alicyclic amines) is 1. The maximum Gasteiger partial charge on any atom is 0.126 e. The number of nitrogens with zero attached hydrogens (tertiary/aromatic N) is 1. The predicted molar refractivity (Wildman–Crippen MR) is 92.8 cm³/mol. The molecule has 0 saturated carbocycles. The average Bonchev–Trinajstić information content (AvgIpc) is 2.90. The second-order valence-electron chi connectivity index (χ2n) is 6.49. The third kappa shape index (κ3) is 4.40. The number of hydrogen-bond donors (Lipinski definition) is 1. The molecule has 0 unspecified atom stereocenters. The van der Waals surface area contributed by atoms with E-state index in [0.717, 1.165) is 38.0 Å². The van der Waals surface area contributed by atoms with Gasteiger partial charge in [-0.3, -0.25) is 4.90 Å². The third-order valence-electron chi connectivity index (χ3n) is 4.72. The summed E-state index contributed by atoms with van der Waals surface area (Å²) in [5.74, 6) is -0.0974. The summed E-state index contributed by atoms with van der Waals surface area (Å²) in [7, 11) is 0. The molecule has 1 N–H and O–H groups in total. The van der Waals surface area contributed by atoms with Gasteiger partial charge in [0.1, 0.15) is 5.82 Å². The summed E-state index contributed by atoms with van der Waals surface area (Å²) in [6, 6.07) is 18.8. The lowest BCUT2D eigenvalue weighted by atomic mass is 10.1. The monoisotopic (exact) mass is 312 g/mol. The summed E-state index contributed by atoms with van der Waals surface area (Å²) >= 11 is 0. The van der Waals surface area contributed by atoms with Gasteiger partial charge in [0.15, 0.2) is 0 Å². The third-order valence-corrected chi connectivity index (χ3v) is 4.72. The van der Waals surface area contributed by atoms with Crippen LogP contribution in [0.5, 0.6) is 0 Å². The number of rotatable bonds is 6. The summed E-state index contributed by atoms with van der Waals surface area (Å²) in [6.45, 7) is 5.19. The van der Waals surface area contributed by atoms with Crippen molar-refractivity contribution in [2.75, 3.05) is 13.1 Å². The van der Waals surface area contributed by atoms with Crippen LogP contribution in [0, 0.1) is 5.82 Å². The second kappa shape index (κ2) is 7.71.